The Labute approximate surface area is 114 Å². The molecule has 0 saturated carbocycles. The molecule has 1 aliphatic rings. The average Bonchev–Trinajstić information content (AvgIpc) is 3.06. The smallest absolute Gasteiger partial charge is 0.345 e. The number of aromatic nitrogens is 3. The summed E-state index contributed by atoms with van der Waals surface area (Å²) in [5.41, 5.74) is 0.870. The van der Waals surface area contributed by atoms with Crippen LogP contribution in [-0.2, 0) is 0 Å². The van der Waals surface area contributed by atoms with E-state index in [4.69, 9.17) is 4.42 Å². The summed E-state index contributed by atoms with van der Waals surface area (Å²) in [5.74, 6) is 0.0634. The van der Waals surface area contributed by atoms with E-state index in [0.29, 0.717) is 17.9 Å². The van der Waals surface area contributed by atoms with Crippen molar-refractivity contribution in [3.63, 3.8) is 0 Å². The first-order chi connectivity index (χ1) is 9.66. The van der Waals surface area contributed by atoms with Gasteiger partial charge < -0.3 is 14.3 Å². The van der Waals surface area contributed by atoms with Gasteiger partial charge in [0.2, 0.25) is 5.76 Å². The van der Waals surface area contributed by atoms with Gasteiger partial charge in [-0.2, -0.15) is 0 Å². The quantitative estimate of drug-likeness (QED) is 0.883. The van der Waals surface area contributed by atoms with Crippen LogP contribution in [0.25, 0.3) is 0 Å². The van der Waals surface area contributed by atoms with Crippen LogP contribution in [0, 0.1) is 6.92 Å². The fourth-order valence-corrected chi connectivity index (χ4v) is 2.55. The normalized spacial score (nSPS) is 18.4. The minimum absolute atomic E-state index is 0.150. The molecule has 1 aliphatic heterocycles. The summed E-state index contributed by atoms with van der Waals surface area (Å²) < 4.78 is 5.16. The number of hydrogen-bond donors (Lipinski definition) is 1. The molecular weight excluding hydrogens is 260 g/mol. The molecule has 2 aromatic heterocycles. The molecule has 0 bridgehead atoms. The third-order valence-corrected chi connectivity index (χ3v) is 3.51. The van der Waals surface area contributed by atoms with Crippen molar-refractivity contribution in [1.29, 1.82) is 0 Å². The second kappa shape index (κ2) is 4.92. The Kier molecular flexibility index (Phi) is 3.09. The molecule has 0 spiro atoms. The molecule has 1 saturated heterocycles. The monoisotopic (exact) mass is 274 g/mol. The molecule has 1 amide bonds. The maximum Gasteiger partial charge on any atom is 0.345 e. The number of aromatic amines is 1. The molecule has 1 N–H and O–H groups in total. The zero-order valence-electron chi connectivity index (χ0n) is 11.0. The number of oxazole rings is 1. The summed E-state index contributed by atoms with van der Waals surface area (Å²) in [6, 6.07) is 1.58. The summed E-state index contributed by atoms with van der Waals surface area (Å²) in [6.45, 7) is 2.37. The molecule has 3 heterocycles. The third kappa shape index (κ3) is 2.11. The molecule has 7 nitrogen and oxygen atoms in total. The molecule has 0 radical (unpaired) electrons. The molecule has 1 fully saturated rings. The fraction of sp³-hybridized carbons (Fsp3) is 0.385. The van der Waals surface area contributed by atoms with Crippen LogP contribution in [0.1, 0.15) is 40.8 Å². The molecule has 0 aromatic carbocycles. The Morgan fingerprint density at radius 3 is 3.05 bits per heavy atom. The van der Waals surface area contributed by atoms with E-state index < -0.39 is 5.69 Å². The van der Waals surface area contributed by atoms with E-state index in [1.165, 1.54) is 12.6 Å². The average molecular weight is 274 g/mol. The van der Waals surface area contributed by atoms with Gasteiger partial charge in [-0.15, -0.1) is 0 Å². The van der Waals surface area contributed by atoms with Crippen molar-refractivity contribution in [2.75, 3.05) is 6.54 Å². The molecular formula is C13H14N4O3. The van der Waals surface area contributed by atoms with E-state index >= 15 is 0 Å². The highest BCUT2D eigenvalue weighted by Crippen LogP contribution is 2.31. The van der Waals surface area contributed by atoms with Crippen LogP contribution in [0.4, 0.5) is 0 Å². The maximum absolute atomic E-state index is 12.5. The van der Waals surface area contributed by atoms with Gasteiger partial charge in [0.25, 0.3) is 5.91 Å². The van der Waals surface area contributed by atoms with Crippen molar-refractivity contribution in [3.05, 3.63) is 46.3 Å². The van der Waals surface area contributed by atoms with Crippen molar-refractivity contribution in [1.82, 2.24) is 19.9 Å². The zero-order valence-corrected chi connectivity index (χ0v) is 11.0. The van der Waals surface area contributed by atoms with Crippen LogP contribution in [0.2, 0.25) is 0 Å². The van der Waals surface area contributed by atoms with Gasteiger partial charge in [-0.1, -0.05) is 0 Å². The number of aryl methyl sites for hydroxylation is 1. The lowest BCUT2D eigenvalue weighted by molar-refractivity contribution is 0.0699. The summed E-state index contributed by atoms with van der Waals surface area (Å²) in [4.78, 5) is 35.7. The van der Waals surface area contributed by atoms with E-state index in [-0.39, 0.29) is 17.7 Å². The van der Waals surface area contributed by atoms with E-state index in [2.05, 4.69) is 15.0 Å². The molecule has 7 heteroatoms. The lowest BCUT2D eigenvalue weighted by atomic mass is 10.1. The summed E-state index contributed by atoms with van der Waals surface area (Å²) in [7, 11) is 0. The number of likely N-dealkylation sites (tertiary alicyclic amines) is 1. The molecule has 0 aliphatic carbocycles. The van der Waals surface area contributed by atoms with Crippen molar-refractivity contribution in [3.8, 4) is 0 Å². The number of hydrogen-bond acceptors (Lipinski definition) is 5. The second-order valence-corrected chi connectivity index (χ2v) is 4.75. The highest BCUT2D eigenvalue weighted by Gasteiger charge is 2.33. The van der Waals surface area contributed by atoms with Crippen molar-refractivity contribution < 1.29 is 9.21 Å². The van der Waals surface area contributed by atoms with Crippen LogP contribution in [0.15, 0.2) is 27.9 Å². The van der Waals surface area contributed by atoms with Crippen molar-refractivity contribution >= 4 is 5.91 Å². The zero-order chi connectivity index (χ0) is 14.1. The highest BCUT2D eigenvalue weighted by atomic mass is 16.3. The van der Waals surface area contributed by atoms with Crippen LogP contribution < -0.4 is 5.69 Å². The number of rotatable bonds is 2. The number of nitrogens with one attached hydrogen (secondary N) is 1. The summed E-state index contributed by atoms with van der Waals surface area (Å²) in [6.07, 6.45) is 4.41. The van der Waals surface area contributed by atoms with E-state index in [1.807, 2.05) is 0 Å². The van der Waals surface area contributed by atoms with E-state index in [9.17, 15) is 9.59 Å². The topological polar surface area (TPSA) is 92.1 Å². The Balaban J connectivity index is 1.91. The number of carbonyl (C=O) groups excluding carboxylic acids is 1. The molecule has 20 heavy (non-hydrogen) atoms. The van der Waals surface area contributed by atoms with Crippen LogP contribution in [-0.4, -0.2) is 32.3 Å². The lowest BCUT2D eigenvalue weighted by Crippen LogP contribution is -2.32. The first-order valence-electron chi connectivity index (χ1n) is 6.43. The van der Waals surface area contributed by atoms with Gasteiger partial charge in [0, 0.05) is 18.4 Å². The lowest BCUT2D eigenvalue weighted by Gasteiger charge is -2.23. The Morgan fingerprint density at radius 2 is 2.35 bits per heavy atom. The van der Waals surface area contributed by atoms with Gasteiger partial charge >= 0.3 is 5.69 Å². The maximum atomic E-state index is 12.5. The van der Waals surface area contributed by atoms with E-state index in [0.717, 1.165) is 12.8 Å². The molecule has 2 aromatic rings. The summed E-state index contributed by atoms with van der Waals surface area (Å²) in [5, 5.41) is 0. The SMILES string of the molecule is Cc1ncoc1C(=O)N1CCC[C@@H]1c1ccnc(=O)[nH]1. The molecule has 104 valence electrons. The predicted octanol–water partition coefficient (Wildman–Crippen LogP) is 1.04. The van der Waals surface area contributed by atoms with Crippen molar-refractivity contribution in [2.45, 2.75) is 25.8 Å². The number of nitrogens with zero attached hydrogens (tertiary/aromatic N) is 3. The van der Waals surface area contributed by atoms with Gasteiger partial charge in [0.1, 0.15) is 0 Å². The van der Waals surface area contributed by atoms with Gasteiger partial charge in [0.05, 0.1) is 11.7 Å². The first-order valence-corrected chi connectivity index (χ1v) is 6.43. The summed E-state index contributed by atoms with van der Waals surface area (Å²) >= 11 is 0. The van der Waals surface area contributed by atoms with Crippen LogP contribution >= 0.6 is 0 Å². The van der Waals surface area contributed by atoms with Crippen molar-refractivity contribution in [2.24, 2.45) is 0 Å². The second-order valence-electron chi connectivity index (χ2n) is 4.75. The van der Waals surface area contributed by atoms with Crippen LogP contribution in [0.5, 0.6) is 0 Å². The van der Waals surface area contributed by atoms with Gasteiger partial charge in [0.15, 0.2) is 6.39 Å². The minimum Gasteiger partial charge on any atom is -0.438 e. The Hall–Kier alpha value is -2.44. The van der Waals surface area contributed by atoms with Gasteiger partial charge in [-0.25, -0.2) is 14.8 Å². The minimum atomic E-state index is -0.405. The third-order valence-electron chi connectivity index (χ3n) is 3.51. The number of carbonyl (C=O) groups is 1. The molecule has 1 atom stereocenters. The molecule has 3 rings (SSSR count). The van der Waals surface area contributed by atoms with Gasteiger partial charge in [-0.3, -0.25) is 4.79 Å². The number of H-pyrrole nitrogens is 1. The first kappa shape index (κ1) is 12.6. The fourth-order valence-electron chi connectivity index (χ4n) is 2.55. The largest absolute Gasteiger partial charge is 0.438 e. The Bertz CT molecular complexity index is 691. The van der Waals surface area contributed by atoms with E-state index in [1.54, 1.807) is 17.9 Å². The van der Waals surface area contributed by atoms with Crippen LogP contribution in [0.3, 0.4) is 0 Å². The molecule has 0 unspecified atom stereocenters. The number of amides is 1. The van der Waals surface area contributed by atoms with Gasteiger partial charge in [-0.05, 0) is 25.8 Å². The highest BCUT2D eigenvalue weighted by molar-refractivity contribution is 5.92. The Morgan fingerprint density at radius 1 is 1.50 bits per heavy atom. The predicted molar refractivity (Wildman–Crippen MR) is 69.1 cm³/mol. The standard InChI is InChI=1S/C13H14N4O3/c1-8-11(20-7-15-8)12(18)17-6-2-3-10(17)9-4-5-14-13(19)16-9/h4-5,7,10H,2-3,6H2,1H3,(H,14,16,19)/t10-/m1/s1.